The number of hydrogen-bond donors (Lipinski definition) is 0. The van der Waals surface area contributed by atoms with Gasteiger partial charge in [0, 0.05) is 37.5 Å². The molecule has 0 atom stereocenters. The van der Waals surface area contributed by atoms with Crippen molar-refractivity contribution in [3.63, 3.8) is 0 Å². The Balaban J connectivity index is 1.54. The fraction of sp³-hybridized carbons (Fsp3) is 0.522. The third-order valence-corrected chi connectivity index (χ3v) is 6.56. The van der Waals surface area contributed by atoms with Crippen LogP contribution in [0.5, 0.6) is 0 Å². The van der Waals surface area contributed by atoms with Gasteiger partial charge in [-0.3, -0.25) is 14.9 Å². The zero-order chi connectivity index (χ0) is 23.5. The van der Waals surface area contributed by atoms with Crippen LogP contribution in [0.25, 0.3) is 11.3 Å². The monoisotopic (exact) mass is 460 g/mol. The smallest absolute Gasteiger partial charge is 0.410 e. The molecular weight excluding hydrogens is 428 g/mol. The second kappa shape index (κ2) is 9.54. The number of hydrogen-bond acceptors (Lipinski definition) is 7. The number of rotatable bonds is 5. The van der Waals surface area contributed by atoms with Gasteiger partial charge in [-0.05, 0) is 52.8 Å². The molecule has 1 aromatic carbocycles. The standard InChI is InChI=1S/C23H32N4O4S/c1-23(2,3)31-22(28)27-12-10-19(11-13-27)26(4)16-18-14-25-21(15-24-18)17-6-8-20(9-7-17)32(5,29)30/h6-9,14-15,19H,10-13,16H2,1-5H3. The Morgan fingerprint density at radius 2 is 1.75 bits per heavy atom. The number of sulfone groups is 1. The van der Waals surface area contributed by atoms with Gasteiger partial charge in [0.25, 0.3) is 0 Å². The number of aromatic nitrogens is 2. The zero-order valence-electron chi connectivity index (χ0n) is 19.4. The molecule has 0 N–H and O–H groups in total. The van der Waals surface area contributed by atoms with Crippen molar-refractivity contribution < 1.29 is 17.9 Å². The molecule has 1 aliphatic rings. The van der Waals surface area contributed by atoms with Crippen molar-refractivity contribution >= 4 is 15.9 Å². The lowest BCUT2D eigenvalue weighted by Gasteiger charge is -2.37. The molecule has 8 nitrogen and oxygen atoms in total. The third kappa shape index (κ3) is 6.49. The molecule has 0 bridgehead atoms. The summed E-state index contributed by atoms with van der Waals surface area (Å²) in [6.45, 7) is 7.65. The van der Waals surface area contributed by atoms with Crippen LogP contribution in [0, 0.1) is 0 Å². The van der Waals surface area contributed by atoms with Crippen LogP contribution in [-0.4, -0.2) is 72.3 Å². The van der Waals surface area contributed by atoms with E-state index < -0.39 is 15.4 Å². The van der Waals surface area contributed by atoms with Crippen molar-refractivity contribution in [3.05, 3.63) is 42.4 Å². The number of amides is 1. The first-order chi connectivity index (χ1) is 14.9. The fourth-order valence-electron chi connectivity index (χ4n) is 3.66. The highest BCUT2D eigenvalue weighted by molar-refractivity contribution is 7.90. The summed E-state index contributed by atoms with van der Waals surface area (Å²) in [6.07, 6.45) is 6.18. The molecule has 2 aromatic rings. The largest absolute Gasteiger partial charge is 0.444 e. The van der Waals surface area contributed by atoms with E-state index >= 15 is 0 Å². The van der Waals surface area contributed by atoms with Gasteiger partial charge in [-0.15, -0.1) is 0 Å². The van der Waals surface area contributed by atoms with Crippen LogP contribution in [-0.2, 0) is 21.1 Å². The zero-order valence-corrected chi connectivity index (χ0v) is 20.2. The Morgan fingerprint density at radius 1 is 1.12 bits per heavy atom. The molecule has 1 aliphatic heterocycles. The Labute approximate surface area is 190 Å². The number of carbonyl (C=O) groups is 1. The lowest BCUT2D eigenvalue weighted by Crippen LogP contribution is -2.46. The quantitative estimate of drug-likeness (QED) is 0.675. The van der Waals surface area contributed by atoms with Gasteiger partial charge in [0.1, 0.15) is 5.60 Å². The second-order valence-corrected chi connectivity index (χ2v) is 11.3. The van der Waals surface area contributed by atoms with Crippen LogP contribution in [0.2, 0.25) is 0 Å². The topological polar surface area (TPSA) is 92.7 Å². The highest BCUT2D eigenvalue weighted by Gasteiger charge is 2.28. The van der Waals surface area contributed by atoms with E-state index in [2.05, 4.69) is 21.9 Å². The average Bonchev–Trinajstić information content (AvgIpc) is 2.72. The Kier molecular flexibility index (Phi) is 7.19. The van der Waals surface area contributed by atoms with E-state index in [-0.39, 0.29) is 11.0 Å². The van der Waals surface area contributed by atoms with Crippen LogP contribution in [0.3, 0.4) is 0 Å². The van der Waals surface area contributed by atoms with Crippen molar-refractivity contribution in [2.24, 2.45) is 0 Å². The summed E-state index contributed by atoms with van der Waals surface area (Å²) in [5.74, 6) is 0. The first-order valence-corrected chi connectivity index (χ1v) is 12.6. The Morgan fingerprint density at radius 3 is 2.25 bits per heavy atom. The highest BCUT2D eigenvalue weighted by Crippen LogP contribution is 2.21. The van der Waals surface area contributed by atoms with Crippen molar-refractivity contribution in [3.8, 4) is 11.3 Å². The van der Waals surface area contributed by atoms with E-state index in [9.17, 15) is 13.2 Å². The fourth-order valence-corrected chi connectivity index (χ4v) is 4.29. The summed E-state index contributed by atoms with van der Waals surface area (Å²) >= 11 is 0. The van der Waals surface area contributed by atoms with E-state index in [1.807, 2.05) is 20.8 Å². The summed E-state index contributed by atoms with van der Waals surface area (Å²) in [6, 6.07) is 7.00. The number of ether oxygens (including phenoxy) is 1. The maximum Gasteiger partial charge on any atom is 0.410 e. The van der Waals surface area contributed by atoms with E-state index in [0.717, 1.165) is 24.1 Å². The maximum absolute atomic E-state index is 12.2. The predicted molar refractivity (Wildman–Crippen MR) is 123 cm³/mol. The molecule has 0 radical (unpaired) electrons. The number of piperidine rings is 1. The first-order valence-electron chi connectivity index (χ1n) is 10.7. The molecule has 174 valence electrons. The summed E-state index contributed by atoms with van der Waals surface area (Å²) in [4.78, 5) is 25.6. The van der Waals surface area contributed by atoms with Gasteiger partial charge in [0.15, 0.2) is 9.84 Å². The Hall–Kier alpha value is -2.52. The summed E-state index contributed by atoms with van der Waals surface area (Å²) < 4.78 is 28.7. The van der Waals surface area contributed by atoms with Crippen LogP contribution < -0.4 is 0 Å². The van der Waals surface area contributed by atoms with Gasteiger partial charge in [0.05, 0.1) is 28.7 Å². The minimum absolute atomic E-state index is 0.246. The number of benzene rings is 1. The molecule has 3 rings (SSSR count). The molecule has 2 heterocycles. The summed E-state index contributed by atoms with van der Waals surface area (Å²) in [5, 5.41) is 0. The normalized spacial score (nSPS) is 15.8. The van der Waals surface area contributed by atoms with Gasteiger partial charge in [-0.25, -0.2) is 13.2 Å². The van der Waals surface area contributed by atoms with Crippen LogP contribution >= 0.6 is 0 Å². The minimum atomic E-state index is -3.22. The highest BCUT2D eigenvalue weighted by atomic mass is 32.2. The third-order valence-electron chi connectivity index (χ3n) is 5.43. The van der Waals surface area contributed by atoms with E-state index in [0.29, 0.717) is 31.4 Å². The molecule has 0 aliphatic carbocycles. The van der Waals surface area contributed by atoms with Crippen LogP contribution in [0.1, 0.15) is 39.3 Å². The molecule has 1 aromatic heterocycles. The lowest BCUT2D eigenvalue weighted by atomic mass is 10.0. The number of nitrogens with zero attached hydrogens (tertiary/aromatic N) is 4. The van der Waals surface area contributed by atoms with Gasteiger partial charge >= 0.3 is 6.09 Å². The molecule has 0 spiro atoms. The number of likely N-dealkylation sites (tertiary alicyclic amines) is 1. The maximum atomic E-state index is 12.2. The van der Waals surface area contributed by atoms with Crippen molar-refractivity contribution in [1.29, 1.82) is 0 Å². The summed E-state index contributed by atoms with van der Waals surface area (Å²) in [5.41, 5.74) is 1.89. The van der Waals surface area contributed by atoms with Crippen molar-refractivity contribution in [1.82, 2.24) is 19.8 Å². The lowest BCUT2D eigenvalue weighted by molar-refractivity contribution is 0.0152. The molecule has 1 amide bonds. The van der Waals surface area contributed by atoms with Crippen LogP contribution in [0.4, 0.5) is 4.79 Å². The molecule has 1 fully saturated rings. The van der Waals surface area contributed by atoms with Gasteiger partial charge in [0.2, 0.25) is 0 Å². The SMILES string of the molecule is CN(Cc1cnc(-c2ccc(S(C)(=O)=O)cc2)cn1)C1CCN(C(=O)OC(C)(C)C)CC1. The van der Waals surface area contributed by atoms with Crippen molar-refractivity contribution in [2.45, 2.75) is 56.7 Å². The molecule has 0 saturated carbocycles. The Bertz CT molecular complexity index is 1020. The average molecular weight is 461 g/mol. The second-order valence-electron chi connectivity index (χ2n) is 9.30. The minimum Gasteiger partial charge on any atom is -0.444 e. The van der Waals surface area contributed by atoms with Gasteiger partial charge in [-0.1, -0.05) is 12.1 Å². The molecule has 9 heteroatoms. The van der Waals surface area contributed by atoms with Crippen molar-refractivity contribution in [2.75, 3.05) is 26.4 Å². The molecule has 1 saturated heterocycles. The molecule has 32 heavy (non-hydrogen) atoms. The van der Waals surface area contributed by atoms with E-state index in [1.54, 1.807) is 41.6 Å². The molecular formula is C23H32N4O4S. The van der Waals surface area contributed by atoms with Gasteiger partial charge < -0.3 is 9.64 Å². The first kappa shape index (κ1) is 24.1. The van der Waals surface area contributed by atoms with E-state index in [4.69, 9.17) is 4.74 Å². The number of carbonyl (C=O) groups excluding carboxylic acids is 1. The van der Waals surface area contributed by atoms with Gasteiger partial charge in [-0.2, -0.15) is 0 Å². The summed E-state index contributed by atoms with van der Waals surface area (Å²) in [7, 11) is -1.16. The van der Waals surface area contributed by atoms with E-state index in [1.165, 1.54) is 6.26 Å². The molecule has 0 unspecified atom stereocenters. The predicted octanol–water partition coefficient (Wildman–Crippen LogP) is 3.38. The van der Waals surface area contributed by atoms with Crippen LogP contribution in [0.15, 0.2) is 41.6 Å².